The quantitative estimate of drug-likeness (QED) is 0.772. The Morgan fingerprint density at radius 3 is 2.27 bits per heavy atom. The summed E-state index contributed by atoms with van der Waals surface area (Å²) in [6, 6.07) is -0.754. The molecule has 0 unspecified atom stereocenters. The average Bonchev–Trinajstić information content (AvgIpc) is 2.85. The Labute approximate surface area is 135 Å². The highest BCUT2D eigenvalue weighted by atomic mass is 32.1. The van der Waals surface area contributed by atoms with Crippen LogP contribution in [0.4, 0.5) is 5.13 Å². The number of thiazole rings is 1. The third-order valence-corrected chi connectivity index (χ3v) is 4.36. The number of carbonyl (C=O) groups is 2. The summed E-state index contributed by atoms with van der Waals surface area (Å²) in [5, 5.41) is 15.6. The van der Waals surface area contributed by atoms with Crippen molar-refractivity contribution in [3.8, 4) is 0 Å². The molecule has 22 heavy (non-hydrogen) atoms. The maximum atomic E-state index is 12.1. The van der Waals surface area contributed by atoms with Crippen molar-refractivity contribution >= 4 is 28.3 Å². The van der Waals surface area contributed by atoms with Crippen LogP contribution in [0.15, 0.2) is 6.20 Å². The van der Waals surface area contributed by atoms with Crippen LogP contribution in [0, 0.1) is 5.41 Å². The second kappa shape index (κ2) is 7.19. The van der Waals surface area contributed by atoms with Gasteiger partial charge in [0.1, 0.15) is 12.1 Å². The summed E-state index contributed by atoms with van der Waals surface area (Å²) >= 11 is 1.41. The molecule has 0 aliphatic heterocycles. The van der Waals surface area contributed by atoms with Crippen LogP contribution < -0.4 is 10.6 Å². The first-order chi connectivity index (χ1) is 10.0. The molecule has 6 nitrogen and oxygen atoms in total. The molecule has 7 heteroatoms. The SMILES string of the molecule is CC(C)c1cnc(NC(=O)[C@H](C)NC(=O)[C@@H](O)C(C)(C)C)s1. The fourth-order valence-electron chi connectivity index (χ4n) is 1.58. The second-order valence-corrected chi connectivity index (χ2v) is 7.77. The maximum Gasteiger partial charge on any atom is 0.250 e. The van der Waals surface area contributed by atoms with Gasteiger partial charge in [0.05, 0.1) is 0 Å². The Balaban J connectivity index is 2.60. The largest absolute Gasteiger partial charge is 0.383 e. The van der Waals surface area contributed by atoms with Crippen LogP contribution in [0.25, 0.3) is 0 Å². The van der Waals surface area contributed by atoms with Crippen molar-refractivity contribution < 1.29 is 14.7 Å². The lowest BCUT2D eigenvalue weighted by molar-refractivity contribution is -0.137. The lowest BCUT2D eigenvalue weighted by atomic mass is 9.88. The Morgan fingerprint density at radius 2 is 1.82 bits per heavy atom. The number of hydrogen-bond donors (Lipinski definition) is 3. The molecule has 2 amide bonds. The minimum atomic E-state index is -1.17. The number of rotatable bonds is 5. The fourth-order valence-corrected chi connectivity index (χ4v) is 2.40. The smallest absolute Gasteiger partial charge is 0.250 e. The van der Waals surface area contributed by atoms with E-state index in [1.165, 1.54) is 11.3 Å². The van der Waals surface area contributed by atoms with Crippen LogP contribution in [0.5, 0.6) is 0 Å². The third-order valence-electron chi connectivity index (χ3n) is 3.14. The van der Waals surface area contributed by atoms with E-state index in [1.54, 1.807) is 33.9 Å². The molecule has 1 aromatic heterocycles. The predicted octanol–water partition coefficient (Wildman–Crippen LogP) is 2.12. The molecule has 1 heterocycles. The molecule has 0 spiro atoms. The summed E-state index contributed by atoms with van der Waals surface area (Å²) in [6.45, 7) is 10.9. The Morgan fingerprint density at radius 1 is 1.23 bits per heavy atom. The molecule has 0 radical (unpaired) electrons. The van der Waals surface area contributed by atoms with Gasteiger partial charge in [0.15, 0.2) is 5.13 Å². The minimum Gasteiger partial charge on any atom is -0.383 e. The summed E-state index contributed by atoms with van der Waals surface area (Å²) < 4.78 is 0. The highest BCUT2D eigenvalue weighted by Gasteiger charge is 2.30. The van der Waals surface area contributed by atoms with Crippen molar-refractivity contribution in [1.82, 2.24) is 10.3 Å². The van der Waals surface area contributed by atoms with E-state index >= 15 is 0 Å². The molecule has 0 saturated carbocycles. The molecule has 3 N–H and O–H groups in total. The molecule has 0 aromatic carbocycles. The van der Waals surface area contributed by atoms with Gasteiger partial charge in [-0.25, -0.2) is 4.98 Å². The zero-order valence-corrected chi connectivity index (χ0v) is 14.7. The van der Waals surface area contributed by atoms with Crippen molar-refractivity contribution in [2.75, 3.05) is 5.32 Å². The molecule has 0 bridgehead atoms. The number of aliphatic hydroxyl groups is 1. The van der Waals surface area contributed by atoms with Crippen LogP contribution in [0.3, 0.4) is 0 Å². The molecule has 0 aliphatic rings. The summed E-state index contributed by atoms with van der Waals surface area (Å²) in [5.41, 5.74) is -0.582. The highest BCUT2D eigenvalue weighted by Crippen LogP contribution is 2.25. The van der Waals surface area contributed by atoms with Crippen molar-refractivity contribution in [2.45, 2.75) is 59.6 Å². The van der Waals surface area contributed by atoms with E-state index in [9.17, 15) is 14.7 Å². The number of anilines is 1. The van der Waals surface area contributed by atoms with Crippen molar-refractivity contribution in [2.24, 2.45) is 5.41 Å². The number of carbonyl (C=O) groups excluding carboxylic acids is 2. The number of hydrogen-bond acceptors (Lipinski definition) is 5. The molecule has 0 fully saturated rings. The van der Waals surface area contributed by atoms with Gasteiger partial charge in [-0.1, -0.05) is 34.6 Å². The van der Waals surface area contributed by atoms with E-state index in [0.29, 0.717) is 11.0 Å². The monoisotopic (exact) mass is 327 g/mol. The van der Waals surface area contributed by atoms with E-state index in [-0.39, 0.29) is 5.91 Å². The third kappa shape index (κ3) is 5.06. The average molecular weight is 327 g/mol. The van der Waals surface area contributed by atoms with Crippen LogP contribution in [0.2, 0.25) is 0 Å². The molecule has 2 atom stereocenters. The number of nitrogens with one attached hydrogen (secondary N) is 2. The van der Waals surface area contributed by atoms with E-state index in [4.69, 9.17) is 0 Å². The van der Waals surface area contributed by atoms with E-state index in [0.717, 1.165) is 4.88 Å². The van der Waals surface area contributed by atoms with Gasteiger partial charge in [-0.3, -0.25) is 9.59 Å². The molecular weight excluding hydrogens is 302 g/mol. The van der Waals surface area contributed by atoms with Crippen molar-refractivity contribution in [3.63, 3.8) is 0 Å². The Kier molecular flexibility index (Phi) is 6.08. The van der Waals surface area contributed by atoms with Gasteiger partial charge in [0, 0.05) is 11.1 Å². The van der Waals surface area contributed by atoms with E-state index in [1.807, 2.05) is 0 Å². The lowest BCUT2D eigenvalue weighted by Gasteiger charge is -2.26. The summed E-state index contributed by atoms with van der Waals surface area (Å²) in [6.07, 6.45) is 0.563. The van der Waals surface area contributed by atoms with E-state index in [2.05, 4.69) is 29.5 Å². The normalized spacial score (nSPS) is 14.5. The molecule has 1 rings (SSSR count). The second-order valence-electron chi connectivity index (χ2n) is 6.71. The molecule has 124 valence electrons. The van der Waals surface area contributed by atoms with Gasteiger partial charge in [-0.2, -0.15) is 0 Å². The van der Waals surface area contributed by atoms with E-state index < -0.39 is 23.5 Å². The Bertz CT molecular complexity index is 534. The standard InChI is InChI=1S/C15H25N3O3S/c1-8(2)10-7-16-14(22-10)18-12(20)9(3)17-13(21)11(19)15(4,5)6/h7-9,11,19H,1-6H3,(H,17,21)(H,16,18,20)/t9-,11+/m0/s1. The lowest BCUT2D eigenvalue weighted by Crippen LogP contribution is -2.49. The maximum absolute atomic E-state index is 12.1. The predicted molar refractivity (Wildman–Crippen MR) is 87.9 cm³/mol. The van der Waals surface area contributed by atoms with Crippen LogP contribution >= 0.6 is 11.3 Å². The van der Waals surface area contributed by atoms with Gasteiger partial charge in [-0.05, 0) is 18.3 Å². The van der Waals surface area contributed by atoms with Crippen LogP contribution in [-0.2, 0) is 9.59 Å². The number of aliphatic hydroxyl groups excluding tert-OH is 1. The number of amides is 2. The molecule has 0 aliphatic carbocycles. The van der Waals surface area contributed by atoms with Crippen LogP contribution in [-0.4, -0.2) is 34.1 Å². The zero-order chi connectivity index (χ0) is 17.1. The summed E-state index contributed by atoms with van der Waals surface area (Å²) in [7, 11) is 0. The first-order valence-corrected chi connectivity index (χ1v) is 8.09. The first-order valence-electron chi connectivity index (χ1n) is 7.27. The Hall–Kier alpha value is -1.47. The summed E-state index contributed by atoms with van der Waals surface area (Å²) in [4.78, 5) is 29.2. The van der Waals surface area contributed by atoms with Gasteiger partial charge in [0.25, 0.3) is 0 Å². The molecule has 0 saturated heterocycles. The number of nitrogens with zero attached hydrogens (tertiary/aromatic N) is 1. The highest BCUT2D eigenvalue weighted by molar-refractivity contribution is 7.15. The van der Waals surface area contributed by atoms with Crippen molar-refractivity contribution in [3.05, 3.63) is 11.1 Å². The summed E-state index contributed by atoms with van der Waals surface area (Å²) in [5.74, 6) is -0.571. The number of aromatic nitrogens is 1. The first kappa shape index (κ1) is 18.6. The topological polar surface area (TPSA) is 91.3 Å². The molecular formula is C15H25N3O3S. The minimum absolute atomic E-state index is 0.349. The molecule has 1 aromatic rings. The fraction of sp³-hybridized carbons (Fsp3) is 0.667. The zero-order valence-electron chi connectivity index (χ0n) is 13.9. The van der Waals surface area contributed by atoms with Gasteiger partial charge < -0.3 is 15.7 Å². The van der Waals surface area contributed by atoms with Gasteiger partial charge in [-0.15, -0.1) is 11.3 Å². The van der Waals surface area contributed by atoms with Crippen LogP contribution in [0.1, 0.15) is 52.3 Å². The van der Waals surface area contributed by atoms with Gasteiger partial charge in [0.2, 0.25) is 11.8 Å². The van der Waals surface area contributed by atoms with Crippen molar-refractivity contribution in [1.29, 1.82) is 0 Å². The van der Waals surface area contributed by atoms with Gasteiger partial charge >= 0.3 is 0 Å².